The number of nitrogens with zero attached hydrogens (tertiary/aromatic N) is 1. The minimum Gasteiger partial charge on any atom is -0.326 e. The van der Waals surface area contributed by atoms with Crippen LogP contribution in [0.25, 0.3) is 0 Å². The van der Waals surface area contributed by atoms with Crippen LogP contribution in [0.1, 0.15) is 23.0 Å². The molecule has 0 atom stereocenters. The molecule has 0 saturated heterocycles. The third-order valence-electron chi connectivity index (χ3n) is 2.81. The summed E-state index contributed by atoms with van der Waals surface area (Å²) in [6, 6.07) is 6.22. The van der Waals surface area contributed by atoms with Gasteiger partial charge in [-0.25, -0.2) is 9.37 Å². The Bertz CT molecular complexity index is 791. The number of carbonyl (C=O) groups excluding carboxylic acids is 2. The Morgan fingerprint density at radius 3 is 2.42 bits per heavy atom. The lowest BCUT2D eigenvalue weighted by atomic mass is 10.1. The van der Waals surface area contributed by atoms with E-state index in [4.69, 9.17) is 0 Å². The SMILES string of the molecule is CC(=O)Nc1ccc(F)c(C(=O)Nc2cccc(C(F)(F)F)n2)c1. The number of benzene rings is 1. The average Bonchev–Trinajstić information content (AvgIpc) is 2.48. The van der Waals surface area contributed by atoms with Gasteiger partial charge in [0.15, 0.2) is 0 Å². The van der Waals surface area contributed by atoms with Crippen LogP contribution in [0.2, 0.25) is 0 Å². The van der Waals surface area contributed by atoms with Crippen LogP contribution in [0.15, 0.2) is 36.4 Å². The van der Waals surface area contributed by atoms with E-state index >= 15 is 0 Å². The Labute approximate surface area is 133 Å². The lowest BCUT2D eigenvalue weighted by molar-refractivity contribution is -0.141. The minimum absolute atomic E-state index is 0.172. The topological polar surface area (TPSA) is 71.1 Å². The average molecular weight is 341 g/mol. The van der Waals surface area contributed by atoms with Crippen molar-refractivity contribution in [3.63, 3.8) is 0 Å². The normalized spacial score (nSPS) is 11.0. The maximum atomic E-state index is 13.8. The van der Waals surface area contributed by atoms with E-state index in [1.54, 1.807) is 0 Å². The van der Waals surface area contributed by atoms with Gasteiger partial charge in [-0.1, -0.05) is 6.07 Å². The number of alkyl halides is 3. The highest BCUT2D eigenvalue weighted by atomic mass is 19.4. The maximum absolute atomic E-state index is 13.8. The third-order valence-corrected chi connectivity index (χ3v) is 2.81. The largest absolute Gasteiger partial charge is 0.433 e. The number of carbonyl (C=O) groups is 2. The van der Waals surface area contributed by atoms with Gasteiger partial charge in [-0.15, -0.1) is 0 Å². The number of hydrogen-bond donors (Lipinski definition) is 2. The van der Waals surface area contributed by atoms with E-state index in [1.807, 2.05) is 0 Å². The van der Waals surface area contributed by atoms with E-state index in [9.17, 15) is 27.2 Å². The van der Waals surface area contributed by atoms with Crippen molar-refractivity contribution in [2.45, 2.75) is 13.1 Å². The number of nitrogens with one attached hydrogen (secondary N) is 2. The summed E-state index contributed by atoms with van der Waals surface area (Å²) >= 11 is 0. The molecular weight excluding hydrogens is 330 g/mol. The molecule has 9 heteroatoms. The fourth-order valence-corrected chi connectivity index (χ4v) is 1.83. The van der Waals surface area contributed by atoms with Crippen molar-refractivity contribution in [1.82, 2.24) is 4.98 Å². The molecule has 0 fully saturated rings. The van der Waals surface area contributed by atoms with Gasteiger partial charge in [0.05, 0.1) is 5.56 Å². The number of amides is 2. The first-order valence-corrected chi connectivity index (χ1v) is 6.59. The molecule has 5 nitrogen and oxygen atoms in total. The van der Waals surface area contributed by atoms with Crippen LogP contribution in [-0.2, 0) is 11.0 Å². The van der Waals surface area contributed by atoms with E-state index < -0.39 is 35.1 Å². The van der Waals surface area contributed by atoms with Gasteiger partial charge in [-0.05, 0) is 30.3 Å². The van der Waals surface area contributed by atoms with Crippen molar-refractivity contribution in [2.75, 3.05) is 10.6 Å². The number of pyridine rings is 1. The van der Waals surface area contributed by atoms with E-state index in [0.717, 1.165) is 30.3 Å². The van der Waals surface area contributed by atoms with Crippen LogP contribution in [0.3, 0.4) is 0 Å². The molecule has 24 heavy (non-hydrogen) atoms. The highest BCUT2D eigenvalue weighted by Crippen LogP contribution is 2.28. The van der Waals surface area contributed by atoms with E-state index in [0.29, 0.717) is 0 Å². The zero-order valence-electron chi connectivity index (χ0n) is 12.2. The van der Waals surface area contributed by atoms with E-state index in [-0.39, 0.29) is 11.5 Å². The summed E-state index contributed by atoms with van der Waals surface area (Å²) in [5.41, 5.74) is -1.46. The number of halogens is 4. The van der Waals surface area contributed by atoms with Crippen molar-refractivity contribution in [3.8, 4) is 0 Å². The van der Waals surface area contributed by atoms with Crippen LogP contribution in [0.5, 0.6) is 0 Å². The Morgan fingerprint density at radius 2 is 1.79 bits per heavy atom. The molecule has 0 aliphatic heterocycles. The van der Waals surface area contributed by atoms with Crippen LogP contribution < -0.4 is 10.6 Å². The minimum atomic E-state index is -4.67. The van der Waals surface area contributed by atoms with Crippen LogP contribution in [0, 0.1) is 5.82 Å². The smallest absolute Gasteiger partial charge is 0.326 e. The first kappa shape index (κ1) is 17.4. The monoisotopic (exact) mass is 341 g/mol. The lowest BCUT2D eigenvalue weighted by Gasteiger charge is -2.10. The van der Waals surface area contributed by atoms with Crippen LogP contribution in [-0.4, -0.2) is 16.8 Å². The summed E-state index contributed by atoms with van der Waals surface area (Å²) in [6.07, 6.45) is -4.67. The summed E-state index contributed by atoms with van der Waals surface area (Å²) < 4.78 is 51.5. The van der Waals surface area contributed by atoms with E-state index in [1.165, 1.54) is 13.0 Å². The summed E-state index contributed by atoms with van der Waals surface area (Å²) in [5, 5.41) is 4.46. The van der Waals surface area contributed by atoms with Gasteiger partial charge in [0.2, 0.25) is 5.91 Å². The van der Waals surface area contributed by atoms with Gasteiger partial charge in [0, 0.05) is 12.6 Å². The molecule has 0 unspecified atom stereocenters. The Hall–Kier alpha value is -2.97. The van der Waals surface area contributed by atoms with Gasteiger partial charge >= 0.3 is 6.18 Å². The maximum Gasteiger partial charge on any atom is 0.433 e. The molecular formula is C15H11F4N3O2. The van der Waals surface area contributed by atoms with Gasteiger partial charge in [-0.2, -0.15) is 13.2 Å². The predicted octanol–water partition coefficient (Wildman–Crippen LogP) is 3.45. The van der Waals surface area contributed by atoms with Crippen molar-refractivity contribution in [3.05, 3.63) is 53.5 Å². The molecule has 0 spiro atoms. The standard InChI is InChI=1S/C15H11F4N3O2/c1-8(23)20-9-5-6-11(16)10(7-9)14(24)22-13-4-2-3-12(21-13)15(17,18)19/h2-7H,1H3,(H,20,23)(H,21,22,24). The molecule has 0 radical (unpaired) electrons. The zero-order valence-corrected chi connectivity index (χ0v) is 12.2. The Kier molecular flexibility index (Phi) is 4.82. The van der Waals surface area contributed by atoms with Crippen LogP contribution in [0.4, 0.5) is 29.1 Å². The van der Waals surface area contributed by atoms with Gasteiger partial charge in [-0.3, -0.25) is 9.59 Å². The molecule has 2 rings (SSSR count). The molecule has 126 valence electrons. The predicted molar refractivity (Wildman–Crippen MR) is 77.9 cm³/mol. The fraction of sp³-hybridized carbons (Fsp3) is 0.133. The number of aromatic nitrogens is 1. The zero-order chi connectivity index (χ0) is 17.9. The second-order valence-electron chi connectivity index (χ2n) is 4.74. The molecule has 0 saturated carbocycles. The molecule has 2 amide bonds. The summed E-state index contributed by atoms with van der Waals surface area (Å²) in [6.45, 7) is 1.23. The summed E-state index contributed by atoms with van der Waals surface area (Å²) in [5.74, 6) is -2.69. The Balaban J connectivity index is 2.25. The van der Waals surface area contributed by atoms with Gasteiger partial charge in [0.25, 0.3) is 5.91 Å². The molecule has 2 N–H and O–H groups in total. The van der Waals surface area contributed by atoms with Gasteiger partial charge < -0.3 is 10.6 Å². The summed E-state index contributed by atoms with van der Waals surface area (Å²) in [7, 11) is 0. The second kappa shape index (κ2) is 6.65. The van der Waals surface area contributed by atoms with Crippen molar-refractivity contribution >= 4 is 23.3 Å². The fourth-order valence-electron chi connectivity index (χ4n) is 1.83. The van der Waals surface area contributed by atoms with E-state index in [2.05, 4.69) is 15.6 Å². The highest BCUT2D eigenvalue weighted by molar-refractivity contribution is 6.05. The van der Waals surface area contributed by atoms with Crippen molar-refractivity contribution in [2.24, 2.45) is 0 Å². The molecule has 1 aromatic heterocycles. The highest BCUT2D eigenvalue weighted by Gasteiger charge is 2.32. The molecule has 0 aliphatic rings. The molecule has 0 bridgehead atoms. The van der Waals surface area contributed by atoms with Crippen molar-refractivity contribution in [1.29, 1.82) is 0 Å². The molecule has 2 aromatic rings. The van der Waals surface area contributed by atoms with Gasteiger partial charge in [0.1, 0.15) is 17.3 Å². The summed E-state index contributed by atoms with van der Waals surface area (Å²) in [4.78, 5) is 26.3. The molecule has 0 aliphatic carbocycles. The number of anilines is 2. The first-order valence-electron chi connectivity index (χ1n) is 6.59. The number of rotatable bonds is 3. The lowest BCUT2D eigenvalue weighted by Crippen LogP contribution is -2.17. The quantitative estimate of drug-likeness (QED) is 0.840. The van der Waals surface area contributed by atoms with Crippen LogP contribution >= 0.6 is 0 Å². The number of hydrogen-bond acceptors (Lipinski definition) is 3. The first-order chi connectivity index (χ1) is 11.2. The Morgan fingerprint density at radius 1 is 1.08 bits per heavy atom. The molecule has 1 aromatic carbocycles. The molecule has 1 heterocycles. The van der Waals surface area contributed by atoms with Crippen molar-refractivity contribution < 1.29 is 27.2 Å². The second-order valence-corrected chi connectivity index (χ2v) is 4.74. The third kappa shape index (κ3) is 4.28.